The molecular formula is C20H30O3. The average molecular weight is 318 g/mol. The fourth-order valence-corrected chi connectivity index (χ4v) is 5.48. The van der Waals surface area contributed by atoms with Crippen molar-refractivity contribution in [1.82, 2.24) is 0 Å². The number of aryl methyl sites for hydroxylation is 1. The summed E-state index contributed by atoms with van der Waals surface area (Å²) < 4.78 is 5.19. The average Bonchev–Trinajstić information content (AvgIpc) is 2.97. The Kier molecular flexibility index (Phi) is 4.22. The van der Waals surface area contributed by atoms with Gasteiger partial charge in [-0.25, -0.2) is 0 Å². The van der Waals surface area contributed by atoms with Crippen molar-refractivity contribution in [3.8, 4) is 0 Å². The van der Waals surface area contributed by atoms with E-state index in [1.807, 2.05) is 12.3 Å². The SMILES string of the molecule is CC1=CC[C@@H]2C(C)(C)[C@H](O)[C@@H](O)C[C@]2(C)[C@@H]1CCc1ccoc1. The molecule has 2 N–H and O–H groups in total. The Morgan fingerprint density at radius 2 is 2.00 bits per heavy atom. The first-order chi connectivity index (χ1) is 10.8. The van der Waals surface area contributed by atoms with Crippen molar-refractivity contribution in [3.05, 3.63) is 35.8 Å². The van der Waals surface area contributed by atoms with E-state index in [2.05, 4.69) is 33.8 Å². The van der Waals surface area contributed by atoms with Crippen LogP contribution >= 0.6 is 0 Å². The molecule has 3 heteroatoms. The van der Waals surface area contributed by atoms with Gasteiger partial charge in [0.2, 0.25) is 0 Å². The predicted octanol–water partition coefficient (Wildman–Crippen LogP) is 3.95. The molecule has 0 unspecified atom stereocenters. The highest BCUT2D eigenvalue weighted by Crippen LogP contribution is 2.60. The fourth-order valence-electron chi connectivity index (χ4n) is 5.48. The first kappa shape index (κ1) is 16.8. The van der Waals surface area contributed by atoms with Crippen LogP contribution in [0.3, 0.4) is 0 Å². The van der Waals surface area contributed by atoms with E-state index in [4.69, 9.17) is 4.42 Å². The van der Waals surface area contributed by atoms with Crippen molar-refractivity contribution in [1.29, 1.82) is 0 Å². The molecule has 0 aliphatic heterocycles. The zero-order valence-corrected chi connectivity index (χ0v) is 14.7. The topological polar surface area (TPSA) is 53.6 Å². The Balaban J connectivity index is 1.89. The minimum atomic E-state index is -0.637. The van der Waals surface area contributed by atoms with Crippen molar-refractivity contribution in [2.75, 3.05) is 0 Å². The van der Waals surface area contributed by atoms with Crippen LogP contribution in [0.5, 0.6) is 0 Å². The van der Waals surface area contributed by atoms with E-state index in [0.29, 0.717) is 18.3 Å². The van der Waals surface area contributed by atoms with Gasteiger partial charge in [-0.1, -0.05) is 32.4 Å². The molecule has 1 aromatic heterocycles. The molecule has 1 fully saturated rings. The molecule has 1 saturated carbocycles. The summed E-state index contributed by atoms with van der Waals surface area (Å²) in [4.78, 5) is 0. The molecule has 2 aliphatic rings. The molecule has 1 heterocycles. The Hall–Kier alpha value is -1.06. The Morgan fingerprint density at radius 1 is 1.26 bits per heavy atom. The summed E-state index contributed by atoms with van der Waals surface area (Å²) in [6, 6.07) is 2.03. The molecule has 1 aromatic rings. The normalized spacial score (nSPS) is 39.7. The van der Waals surface area contributed by atoms with Gasteiger partial charge in [-0.3, -0.25) is 0 Å². The second-order valence-corrected chi connectivity index (χ2v) is 8.50. The van der Waals surface area contributed by atoms with Gasteiger partial charge in [-0.05, 0) is 66.9 Å². The minimum Gasteiger partial charge on any atom is -0.472 e. The molecule has 23 heavy (non-hydrogen) atoms. The van der Waals surface area contributed by atoms with Crippen LogP contribution in [0.25, 0.3) is 0 Å². The van der Waals surface area contributed by atoms with Gasteiger partial charge in [0.1, 0.15) is 0 Å². The standard InChI is InChI=1S/C20H30O3/c1-13-5-8-17-19(2,3)18(22)16(21)11-20(17,4)15(13)7-6-14-9-10-23-12-14/h5,9-10,12,15-18,21-22H,6-8,11H2,1-4H3/t15-,16+,17-,18-,20-/m1/s1. The summed E-state index contributed by atoms with van der Waals surface area (Å²) in [6.45, 7) is 8.78. The van der Waals surface area contributed by atoms with Crippen molar-refractivity contribution < 1.29 is 14.6 Å². The van der Waals surface area contributed by atoms with Gasteiger partial charge in [0.05, 0.1) is 24.7 Å². The van der Waals surface area contributed by atoms with Gasteiger partial charge in [-0.2, -0.15) is 0 Å². The smallest absolute Gasteiger partial charge is 0.0934 e. The summed E-state index contributed by atoms with van der Waals surface area (Å²) in [7, 11) is 0. The zero-order chi connectivity index (χ0) is 16.8. The third-order valence-corrected chi connectivity index (χ3v) is 6.79. The van der Waals surface area contributed by atoms with E-state index < -0.39 is 12.2 Å². The number of furan rings is 1. The molecule has 0 amide bonds. The molecule has 0 spiro atoms. The van der Waals surface area contributed by atoms with Crippen LogP contribution in [0.15, 0.2) is 34.7 Å². The van der Waals surface area contributed by atoms with Crippen molar-refractivity contribution in [2.45, 2.75) is 65.6 Å². The van der Waals surface area contributed by atoms with Crippen molar-refractivity contribution in [3.63, 3.8) is 0 Å². The van der Waals surface area contributed by atoms with E-state index in [9.17, 15) is 10.2 Å². The van der Waals surface area contributed by atoms with Gasteiger partial charge in [-0.15, -0.1) is 0 Å². The van der Waals surface area contributed by atoms with Crippen LogP contribution in [-0.2, 0) is 6.42 Å². The number of aliphatic hydroxyl groups is 2. The van der Waals surface area contributed by atoms with Crippen LogP contribution in [0, 0.1) is 22.7 Å². The Morgan fingerprint density at radius 3 is 2.65 bits per heavy atom. The lowest BCUT2D eigenvalue weighted by Crippen LogP contribution is -2.59. The second kappa shape index (κ2) is 5.78. The maximum atomic E-state index is 10.5. The molecule has 2 aliphatic carbocycles. The second-order valence-electron chi connectivity index (χ2n) is 8.50. The summed E-state index contributed by atoms with van der Waals surface area (Å²) in [5.41, 5.74) is 2.44. The van der Waals surface area contributed by atoms with E-state index in [0.717, 1.165) is 19.3 Å². The van der Waals surface area contributed by atoms with Gasteiger partial charge in [0.15, 0.2) is 0 Å². The number of rotatable bonds is 3. The number of hydrogen-bond acceptors (Lipinski definition) is 3. The molecular weight excluding hydrogens is 288 g/mol. The molecule has 5 atom stereocenters. The lowest BCUT2D eigenvalue weighted by molar-refractivity contribution is -0.174. The van der Waals surface area contributed by atoms with Crippen molar-refractivity contribution in [2.24, 2.45) is 22.7 Å². The van der Waals surface area contributed by atoms with E-state index >= 15 is 0 Å². The third kappa shape index (κ3) is 2.68. The summed E-state index contributed by atoms with van der Waals surface area (Å²) >= 11 is 0. The van der Waals surface area contributed by atoms with E-state index in [1.54, 1.807) is 6.26 Å². The van der Waals surface area contributed by atoms with Gasteiger partial charge in [0.25, 0.3) is 0 Å². The molecule has 0 bridgehead atoms. The Bertz CT molecular complexity index is 572. The molecule has 128 valence electrons. The minimum absolute atomic E-state index is 0.0325. The fraction of sp³-hybridized carbons (Fsp3) is 0.700. The summed E-state index contributed by atoms with van der Waals surface area (Å²) in [6.07, 6.45) is 8.39. The molecule has 3 rings (SSSR count). The van der Waals surface area contributed by atoms with Crippen LogP contribution in [0.4, 0.5) is 0 Å². The van der Waals surface area contributed by atoms with E-state index in [1.165, 1.54) is 11.1 Å². The molecule has 3 nitrogen and oxygen atoms in total. The highest BCUT2D eigenvalue weighted by atomic mass is 16.3. The maximum absolute atomic E-state index is 10.5. The summed E-state index contributed by atoms with van der Waals surface area (Å²) in [5.74, 6) is 0.837. The molecule has 0 radical (unpaired) electrons. The number of allylic oxidation sites excluding steroid dienone is 2. The Labute approximate surface area is 139 Å². The first-order valence-corrected chi connectivity index (χ1v) is 8.80. The first-order valence-electron chi connectivity index (χ1n) is 8.80. The highest BCUT2D eigenvalue weighted by Gasteiger charge is 2.57. The highest BCUT2D eigenvalue weighted by molar-refractivity contribution is 5.21. The third-order valence-electron chi connectivity index (χ3n) is 6.79. The van der Waals surface area contributed by atoms with E-state index in [-0.39, 0.29) is 10.8 Å². The molecule has 0 aromatic carbocycles. The number of hydrogen-bond donors (Lipinski definition) is 2. The monoisotopic (exact) mass is 318 g/mol. The van der Waals surface area contributed by atoms with Gasteiger partial charge < -0.3 is 14.6 Å². The van der Waals surface area contributed by atoms with Gasteiger partial charge in [0, 0.05) is 0 Å². The lowest BCUT2D eigenvalue weighted by atomic mass is 9.47. The molecule has 0 saturated heterocycles. The summed E-state index contributed by atoms with van der Waals surface area (Å²) in [5, 5.41) is 21.0. The lowest BCUT2D eigenvalue weighted by Gasteiger charge is -2.59. The van der Waals surface area contributed by atoms with Crippen molar-refractivity contribution >= 4 is 0 Å². The quantitative estimate of drug-likeness (QED) is 0.830. The maximum Gasteiger partial charge on any atom is 0.0934 e. The van der Waals surface area contributed by atoms with Crippen LogP contribution < -0.4 is 0 Å². The zero-order valence-electron chi connectivity index (χ0n) is 14.7. The number of fused-ring (bicyclic) bond motifs is 1. The predicted molar refractivity (Wildman–Crippen MR) is 90.9 cm³/mol. The van der Waals surface area contributed by atoms with Crippen LogP contribution in [-0.4, -0.2) is 22.4 Å². The van der Waals surface area contributed by atoms with Gasteiger partial charge >= 0.3 is 0 Å². The van der Waals surface area contributed by atoms with Crippen LogP contribution in [0.2, 0.25) is 0 Å². The number of aliphatic hydroxyl groups excluding tert-OH is 2. The van der Waals surface area contributed by atoms with Crippen LogP contribution in [0.1, 0.15) is 52.5 Å². The largest absolute Gasteiger partial charge is 0.472 e.